The fourth-order valence-corrected chi connectivity index (χ4v) is 3.94. The quantitative estimate of drug-likeness (QED) is 0.496. The maximum atomic E-state index is 12.4. The first-order chi connectivity index (χ1) is 13.5. The van der Waals surface area contributed by atoms with E-state index in [1.165, 1.54) is 17.8 Å². The van der Waals surface area contributed by atoms with E-state index in [0.717, 1.165) is 29.0 Å². The number of amides is 1. The summed E-state index contributed by atoms with van der Waals surface area (Å²) in [6, 6.07) is 12.1. The summed E-state index contributed by atoms with van der Waals surface area (Å²) in [6.45, 7) is 4.33. The van der Waals surface area contributed by atoms with Gasteiger partial charge in [-0.2, -0.15) is 0 Å². The molecule has 9 heteroatoms. The van der Waals surface area contributed by atoms with Crippen molar-refractivity contribution in [3.63, 3.8) is 0 Å². The zero-order valence-electron chi connectivity index (χ0n) is 15.1. The van der Waals surface area contributed by atoms with Crippen molar-refractivity contribution in [2.24, 2.45) is 0 Å². The maximum Gasteiger partial charge on any atom is 0.284 e. The number of rotatable bonds is 7. The van der Waals surface area contributed by atoms with Crippen molar-refractivity contribution in [2.75, 3.05) is 39.4 Å². The van der Waals surface area contributed by atoms with Crippen molar-refractivity contribution in [1.82, 2.24) is 10.2 Å². The van der Waals surface area contributed by atoms with E-state index in [2.05, 4.69) is 26.1 Å². The minimum atomic E-state index is -0.453. The Kier molecular flexibility index (Phi) is 7.43. The molecule has 0 saturated carbocycles. The number of nitro benzene ring substituents is 1. The molecule has 0 radical (unpaired) electrons. The first-order valence-electron chi connectivity index (χ1n) is 8.83. The molecule has 0 aromatic heterocycles. The average molecular weight is 466 g/mol. The molecule has 0 unspecified atom stereocenters. The zero-order chi connectivity index (χ0) is 19.9. The molecule has 0 bridgehead atoms. The number of hydrogen-bond acceptors (Lipinski definition) is 6. The lowest BCUT2D eigenvalue weighted by Gasteiger charge is -2.26. The summed E-state index contributed by atoms with van der Waals surface area (Å²) in [6.07, 6.45) is 0. The van der Waals surface area contributed by atoms with Gasteiger partial charge in [0.15, 0.2) is 0 Å². The normalized spacial score (nSPS) is 14.6. The van der Waals surface area contributed by atoms with Crippen LogP contribution in [0.3, 0.4) is 0 Å². The predicted molar refractivity (Wildman–Crippen MR) is 111 cm³/mol. The molecule has 0 aliphatic carbocycles. The van der Waals surface area contributed by atoms with Crippen molar-refractivity contribution in [1.29, 1.82) is 0 Å². The Labute approximate surface area is 175 Å². The third-order valence-electron chi connectivity index (χ3n) is 4.28. The van der Waals surface area contributed by atoms with Crippen LogP contribution in [0.25, 0.3) is 0 Å². The number of carbonyl (C=O) groups excluding carboxylic acids is 1. The Morgan fingerprint density at radius 3 is 2.61 bits per heavy atom. The average Bonchev–Trinajstić information content (AvgIpc) is 2.70. The standard InChI is InChI=1S/C19H20BrN3O4S/c20-15-2-4-16(5-3-15)28-18-6-1-14(13-17(18)23(25)26)19(24)21-7-8-22-9-11-27-12-10-22/h1-6,13H,7-12H2,(H,21,24). The van der Waals surface area contributed by atoms with Crippen LogP contribution in [0.5, 0.6) is 0 Å². The second kappa shape index (κ2) is 10.0. The Hall–Kier alpha value is -1.94. The van der Waals surface area contributed by atoms with Crippen LogP contribution in [0.2, 0.25) is 0 Å². The highest BCUT2D eigenvalue weighted by atomic mass is 79.9. The lowest BCUT2D eigenvalue weighted by molar-refractivity contribution is -0.387. The fraction of sp³-hybridized carbons (Fsp3) is 0.316. The molecule has 0 atom stereocenters. The van der Waals surface area contributed by atoms with E-state index in [-0.39, 0.29) is 17.2 Å². The van der Waals surface area contributed by atoms with E-state index < -0.39 is 4.92 Å². The molecule has 148 valence electrons. The van der Waals surface area contributed by atoms with E-state index in [0.29, 0.717) is 24.7 Å². The Morgan fingerprint density at radius 1 is 1.21 bits per heavy atom. The van der Waals surface area contributed by atoms with Crippen molar-refractivity contribution in [3.8, 4) is 0 Å². The Balaban J connectivity index is 1.64. The van der Waals surface area contributed by atoms with Crippen molar-refractivity contribution >= 4 is 39.3 Å². The molecule has 0 spiro atoms. The van der Waals surface area contributed by atoms with Gasteiger partial charge >= 0.3 is 0 Å². The summed E-state index contributed by atoms with van der Waals surface area (Å²) in [5.41, 5.74) is 0.211. The molecule has 1 aliphatic heterocycles. The van der Waals surface area contributed by atoms with Gasteiger partial charge in [-0.3, -0.25) is 19.8 Å². The summed E-state index contributed by atoms with van der Waals surface area (Å²) in [5, 5.41) is 14.3. The number of nitrogens with one attached hydrogen (secondary N) is 1. The van der Waals surface area contributed by atoms with E-state index in [4.69, 9.17) is 4.74 Å². The fourth-order valence-electron chi connectivity index (χ4n) is 2.77. The number of ether oxygens (including phenoxy) is 1. The van der Waals surface area contributed by atoms with Gasteiger partial charge in [-0.05, 0) is 36.4 Å². The van der Waals surface area contributed by atoms with Gasteiger partial charge in [-0.1, -0.05) is 27.7 Å². The number of nitrogens with zero attached hydrogens (tertiary/aromatic N) is 2. The number of benzene rings is 2. The first kappa shape index (κ1) is 20.8. The smallest absolute Gasteiger partial charge is 0.284 e. The lowest BCUT2D eigenvalue weighted by Crippen LogP contribution is -2.41. The van der Waals surface area contributed by atoms with Crippen molar-refractivity contribution < 1.29 is 14.5 Å². The SMILES string of the molecule is O=C(NCCN1CCOCC1)c1ccc(Sc2ccc(Br)cc2)c([N+](=O)[O-])c1. The summed E-state index contributed by atoms with van der Waals surface area (Å²) in [5.74, 6) is -0.309. The first-order valence-corrected chi connectivity index (χ1v) is 10.4. The van der Waals surface area contributed by atoms with Gasteiger partial charge in [-0.25, -0.2) is 0 Å². The van der Waals surface area contributed by atoms with Crippen LogP contribution in [-0.4, -0.2) is 55.1 Å². The number of hydrogen-bond donors (Lipinski definition) is 1. The Bertz CT molecular complexity index is 842. The second-order valence-corrected chi connectivity index (χ2v) is 8.24. The molecule has 1 saturated heterocycles. The van der Waals surface area contributed by atoms with E-state index in [1.807, 2.05) is 24.3 Å². The highest BCUT2D eigenvalue weighted by Gasteiger charge is 2.19. The van der Waals surface area contributed by atoms with Gasteiger partial charge in [-0.15, -0.1) is 0 Å². The summed E-state index contributed by atoms with van der Waals surface area (Å²) >= 11 is 4.66. The second-order valence-electron chi connectivity index (χ2n) is 6.21. The Morgan fingerprint density at radius 2 is 1.93 bits per heavy atom. The van der Waals surface area contributed by atoms with Gasteiger partial charge in [0.2, 0.25) is 0 Å². The van der Waals surface area contributed by atoms with Crippen LogP contribution in [0.4, 0.5) is 5.69 Å². The molecule has 28 heavy (non-hydrogen) atoms. The molecular weight excluding hydrogens is 446 g/mol. The number of halogens is 1. The van der Waals surface area contributed by atoms with Crippen molar-refractivity contribution in [2.45, 2.75) is 9.79 Å². The minimum absolute atomic E-state index is 0.0752. The van der Waals surface area contributed by atoms with Gasteiger partial charge in [0.1, 0.15) is 0 Å². The van der Waals surface area contributed by atoms with E-state index >= 15 is 0 Å². The molecular formula is C19H20BrN3O4S. The van der Waals surface area contributed by atoms with E-state index in [1.54, 1.807) is 12.1 Å². The maximum absolute atomic E-state index is 12.4. The number of carbonyl (C=O) groups is 1. The molecule has 3 rings (SSSR count). The van der Waals surface area contributed by atoms with Crippen LogP contribution in [0, 0.1) is 10.1 Å². The van der Waals surface area contributed by atoms with Crippen LogP contribution >= 0.6 is 27.7 Å². The van der Waals surface area contributed by atoms with Crippen LogP contribution in [0.1, 0.15) is 10.4 Å². The molecule has 2 aromatic rings. The highest BCUT2D eigenvalue weighted by Crippen LogP contribution is 2.35. The third kappa shape index (κ3) is 5.78. The molecule has 1 amide bonds. The molecule has 1 fully saturated rings. The van der Waals surface area contributed by atoms with Gasteiger partial charge < -0.3 is 10.1 Å². The van der Waals surface area contributed by atoms with Crippen molar-refractivity contribution in [3.05, 3.63) is 62.6 Å². The summed E-state index contributed by atoms with van der Waals surface area (Å²) in [7, 11) is 0. The number of nitro groups is 1. The number of morpholine rings is 1. The topological polar surface area (TPSA) is 84.7 Å². The summed E-state index contributed by atoms with van der Waals surface area (Å²) in [4.78, 5) is 27.0. The lowest BCUT2D eigenvalue weighted by atomic mass is 10.2. The molecule has 1 heterocycles. The van der Waals surface area contributed by atoms with Gasteiger partial charge in [0, 0.05) is 47.2 Å². The van der Waals surface area contributed by atoms with Gasteiger partial charge in [0.05, 0.1) is 23.0 Å². The van der Waals surface area contributed by atoms with Crippen LogP contribution in [-0.2, 0) is 4.74 Å². The zero-order valence-corrected chi connectivity index (χ0v) is 17.5. The highest BCUT2D eigenvalue weighted by molar-refractivity contribution is 9.10. The van der Waals surface area contributed by atoms with Crippen LogP contribution in [0.15, 0.2) is 56.7 Å². The van der Waals surface area contributed by atoms with Crippen LogP contribution < -0.4 is 5.32 Å². The monoisotopic (exact) mass is 465 g/mol. The predicted octanol–water partition coefficient (Wildman–Crippen LogP) is 3.57. The van der Waals surface area contributed by atoms with E-state index in [9.17, 15) is 14.9 Å². The molecule has 1 aliphatic rings. The largest absolute Gasteiger partial charge is 0.379 e. The molecule has 1 N–H and O–H groups in total. The molecule has 2 aromatic carbocycles. The molecule has 7 nitrogen and oxygen atoms in total. The summed E-state index contributed by atoms with van der Waals surface area (Å²) < 4.78 is 6.23. The third-order valence-corrected chi connectivity index (χ3v) is 5.88. The minimum Gasteiger partial charge on any atom is -0.379 e. The van der Waals surface area contributed by atoms with Gasteiger partial charge in [0.25, 0.3) is 11.6 Å².